The Hall–Kier alpha value is -8.90. The molecule has 0 heterocycles. The van der Waals surface area contributed by atoms with Crippen LogP contribution in [-0.2, 0) is 19.5 Å². The molecule has 0 saturated heterocycles. The minimum absolute atomic E-state index is 0.00705. The number of nitrogens with zero attached hydrogens (tertiary/aromatic N) is 6. The summed E-state index contributed by atoms with van der Waals surface area (Å²) in [4.78, 5) is 25.0. The summed E-state index contributed by atoms with van der Waals surface area (Å²) in [5, 5.41) is 59.1. The van der Waals surface area contributed by atoms with Gasteiger partial charge in [0.1, 0.15) is 45.0 Å². The maximum Gasteiger partial charge on any atom is 0.343 e. The summed E-state index contributed by atoms with van der Waals surface area (Å²) in [7, 11) is -4.96. The summed E-state index contributed by atoms with van der Waals surface area (Å²) < 4.78 is 50.8. The largest absolute Gasteiger partial charge is 0.507 e. The number of carbonyl (C=O) groups excluding carboxylic acids is 2. The Morgan fingerprint density at radius 2 is 1.20 bits per heavy atom. The second-order valence-corrected chi connectivity index (χ2v) is 16.7. The molecule has 0 unspecified atom stereocenters. The molecule has 0 fully saturated rings. The zero-order valence-electron chi connectivity index (χ0n) is 35.7. The van der Waals surface area contributed by atoms with E-state index in [2.05, 4.69) is 40.1 Å². The lowest BCUT2D eigenvalue weighted by atomic mass is 10.0. The van der Waals surface area contributed by atoms with E-state index >= 15 is 0 Å². The van der Waals surface area contributed by atoms with Gasteiger partial charge in [-0.1, -0.05) is 53.6 Å². The average Bonchev–Trinajstić information content (AvgIpc) is 3.35. The number of hydrogen-bond donors (Lipinski definition) is 6. The van der Waals surface area contributed by atoms with Crippen LogP contribution in [0.5, 0.6) is 28.7 Å². The van der Waals surface area contributed by atoms with E-state index in [-0.39, 0.29) is 72.6 Å². The molecule has 350 valence electrons. The highest BCUT2D eigenvalue weighted by Gasteiger charge is 2.26. The number of rotatable bonds is 16. The molecule has 8 aromatic carbocycles. The van der Waals surface area contributed by atoms with Crippen molar-refractivity contribution in [2.75, 3.05) is 11.5 Å². The maximum atomic E-state index is 13.0. The first-order valence-corrected chi connectivity index (χ1v) is 22.4. The van der Waals surface area contributed by atoms with Crippen LogP contribution in [0, 0.1) is 0 Å². The lowest BCUT2D eigenvalue weighted by Crippen LogP contribution is -2.08. The van der Waals surface area contributed by atoms with Crippen molar-refractivity contribution in [2.45, 2.75) is 9.79 Å². The molecule has 0 radical (unpaired) electrons. The van der Waals surface area contributed by atoms with Crippen LogP contribution in [0.1, 0.15) is 26.3 Å². The molecule has 20 nitrogen and oxygen atoms in total. The van der Waals surface area contributed by atoms with Gasteiger partial charge in [0.05, 0.1) is 61.9 Å². The molecule has 22 heteroatoms. The fourth-order valence-corrected chi connectivity index (χ4v) is 7.76. The summed E-state index contributed by atoms with van der Waals surface area (Å²) in [6, 6.07) is 40.2. The molecule has 8 N–H and O–H groups in total. The Bertz CT molecular complexity index is 3470. The highest BCUT2D eigenvalue weighted by molar-refractivity contribution is 7.94. The van der Waals surface area contributed by atoms with Gasteiger partial charge in [0.25, 0.3) is 10.1 Å². The number of carbonyl (C=O) groups is 2. The monoisotopic (exact) mass is 978 g/mol. The highest BCUT2D eigenvalue weighted by atomic mass is 32.2. The maximum absolute atomic E-state index is 13.0. The summed E-state index contributed by atoms with van der Waals surface area (Å²) >= 11 is 0.433. The molecule has 70 heavy (non-hydrogen) atoms. The van der Waals surface area contributed by atoms with Crippen LogP contribution in [0.2, 0.25) is 0 Å². The minimum Gasteiger partial charge on any atom is -0.507 e. The van der Waals surface area contributed by atoms with E-state index < -0.39 is 32.4 Å². The van der Waals surface area contributed by atoms with E-state index in [1.54, 1.807) is 103 Å². The molecular weight excluding hydrogens is 945 g/mol. The van der Waals surface area contributed by atoms with Gasteiger partial charge in [-0.2, -0.15) is 23.8 Å². The van der Waals surface area contributed by atoms with Crippen molar-refractivity contribution < 1.29 is 56.9 Å². The van der Waals surface area contributed by atoms with E-state index in [0.29, 0.717) is 40.4 Å². The number of anilines is 2. The molecule has 0 atom stereocenters. The molecule has 0 aliphatic carbocycles. The van der Waals surface area contributed by atoms with Gasteiger partial charge in [0.15, 0.2) is 11.5 Å². The topological polar surface area (TPSA) is 312 Å². The van der Waals surface area contributed by atoms with Crippen molar-refractivity contribution in [3.05, 3.63) is 174 Å². The molecule has 8 aromatic rings. The van der Waals surface area contributed by atoms with Gasteiger partial charge in [0.2, 0.25) is 0 Å². The third-order valence-corrected chi connectivity index (χ3v) is 11.4. The van der Waals surface area contributed by atoms with Gasteiger partial charge in [-0.25, -0.2) is 10.1 Å². The van der Waals surface area contributed by atoms with Crippen LogP contribution in [0.4, 0.5) is 45.5 Å². The van der Waals surface area contributed by atoms with Crippen molar-refractivity contribution in [1.82, 2.24) is 0 Å². The van der Waals surface area contributed by atoms with E-state index in [9.17, 15) is 32.8 Å². The van der Waals surface area contributed by atoms with Gasteiger partial charge >= 0.3 is 5.97 Å². The number of fused-ring (bicyclic) bond motifs is 1. The quantitative estimate of drug-likeness (QED) is 0.00603. The number of azo groups is 3. The number of esters is 1. The smallest absolute Gasteiger partial charge is 0.343 e. The SMILES string of the molecule is Nc1cc(OC(=O)c2ccc(Oc3ccc(C(=O)c4ccccc4)c(O)c3)cc2)ccc1N=Nc1ccc(N=Nc2c(SOOO)cc3cc(S(=O)(=O)O)c(N=Nc4ccccc4)c(O)c3c2N)cc1. The highest BCUT2D eigenvalue weighted by Crippen LogP contribution is 2.49. The molecule has 0 aliphatic heterocycles. The predicted octanol–water partition coefficient (Wildman–Crippen LogP) is 12.6. The fourth-order valence-electron chi connectivity index (χ4n) is 6.59. The van der Waals surface area contributed by atoms with Crippen molar-refractivity contribution >= 4 is 90.2 Å². The standard InChI is InChI=1S/C48H34N8O12S2/c49-37-25-34(66-48(60)28-11-17-33(18-12-28)65-35-19-21-36(39(57)26-35)46(58)27-7-3-1-4-8-27)20-22-38(37)54-51-31-13-15-32(16-14-31)53-55-44-40(69-68-67-61)23-29-24-41(70(62,63)64)45(47(59)42(29)43(44)50)56-52-30-9-5-2-6-10-30/h1-26,57,59,61H,49-50H2,(H,62,63,64). The number of phenols is 2. The zero-order valence-corrected chi connectivity index (χ0v) is 37.4. The number of ether oxygens (including phenoxy) is 2. The summed E-state index contributed by atoms with van der Waals surface area (Å²) in [6.45, 7) is 0. The molecule has 8 rings (SSSR count). The molecule has 0 aromatic heterocycles. The van der Waals surface area contributed by atoms with E-state index in [1.165, 1.54) is 48.5 Å². The van der Waals surface area contributed by atoms with Gasteiger partial charge in [-0.15, -0.1) is 19.7 Å². The molecule has 0 saturated carbocycles. The van der Waals surface area contributed by atoms with Gasteiger partial charge < -0.3 is 31.2 Å². The van der Waals surface area contributed by atoms with Crippen LogP contribution in [0.3, 0.4) is 0 Å². The van der Waals surface area contributed by atoms with E-state index in [0.717, 1.165) is 6.07 Å². The summed E-state index contributed by atoms with van der Waals surface area (Å²) in [6.07, 6.45) is 0. The third kappa shape index (κ3) is 11.1. The van der Waals surface area contributed by atoms with Crippen LogP contribution in [0.15, 0.2) is 198 Å². The Labute approximate surface area is 400 Å². The Kier molecular flexibility index (Phi) is 14.2. The molecule has 0 spiro atoms. The van der Waals surface area contributed by atoms with Crippen LogP contribution in [0.25, 0.3) is 10.8 Å². The lowest BCUT2D eigenvalue weighted by Gasteiger charge is -2.14. The number of nitrogen functional groups attached to an aromatic ring is 2. The second kappa shape index (κ2) is 20.9. The third-order valence-electron chi connectivity index (χ3n) is 9.94. The first-order valence-electron chi connectivity index (χ1n) is 20.2. The van der Waals surface area contributed by atoms with Crippen LogP contribution < -0.4 is 20.9 Å². The van der Waals surface area contributed by atoms with Crippen LogP contribution in [-0.4, -0.2) is 40.2 Å². The Balaban J connectivity index is 0.924. The molecule has 0 amide bonds. The number of ketones is 1. The van der Waals surface area contributed by atoms with Crippen LogP contribution >= 0.6 is 12.0 Å². The van der Waals surface area contributed by atoms with E-state index in [1.807, 2.05) is 0 Å². The lowest BCUT2D eigenvalue weighted by molar-refractivity contribution is -0.432. The van der Waals surface area contributed by atoms with Crippen molar-refractivity contribution in [3.63, 3.8) is 0 Å². The van der Waals surface area contributed by atoms with Crippen molar-refractivity contribution in [2.24, 2.45) is 30.7 Å². The average molecular weight is 979 g/mol. The molecular formula is C48H34N8O12S2. The second-order valence-electron chi connectivity index (χ2n) is 14.6. The fraction of sp³-hybridized carbons (Fsp3) is 0. The number of phenolic OH excluding ortho intramolecular Hbond substituents is 2. The first-order chi connectivity index (χ1) is 33.7. The van der Waals surface area contributed by atoms with E-state index in [4.69, 9.17) is 26.2 Å². The molecule has 0 bridgehead atoms. The van der Waals surface area contributed by atoms with Crippen molar-refractivity contribution in [1.29, 1.82) is 0 Å². The Morgan fingerprint density at radius 1 is 0.600 bits per heavy atom. The number of hydrogen-bond acceptors (Lipinski definition) is 20. The van der Waals surface area contributed by atoms with Gasteiger partial charge in [-0.3, -0.25) is 9.35 Å². The minimum atomic E-state index is -4.96. The number of aromatic hydroxyl groups is 2. The zero-order chi connectivity index (χ0) is 49.4. The number of benzene rings is 8. The normalized spacial score (nSPS) is 11.7. The first kappa shape index (κ1) is 47.6. The summed E-state index contributed by atoms with van der Waals surface area (Å²) in [5.41, 5.74) is 14.0. The van der Waals surface area contributed by atoms with Crippen molar-refractivity contribution in [3.8, 4) is 28.7 Å². The number of nitrogens with two attached hydrogens (primary N) is 2. The summed E-state index contributed by atoms with van der Waals surface area (Å²) in [5.74, 6) is -1.20. The van der Waals surface area contributed by atoms with Gasteiger partial charge in [-0.05, 0) is 102 Å². The Morgan fingerprint density at radius 3 is 1.83 bits per heavy atom. The predicted molar refractivity (Wildman–Crippen MR) is 256 cm³/mol. The van der Waals surface area contributed by atoms with Gasteiger partial charge in [0, 0.05) is 17.7 Å². The molecule has 0 aliphatic rings.